The number of hydrogen-bond donors (Lipinski definition) is 2. The Kier molecular flexibility index (Phi) is 4.57. The number of anilines is 1. The minimum atomic E-state index is -3.77. The average Bonchev–Trinajstić information content (AvgIpc) is 2.87. The van der Waals surface area contributed by atoms with Crippen LogP contribution in [0.4, 0.5) is 5.82 Å². The molecule has 0 saturated carbocycles. The van der Waals surface area contributed by atoms with E-state index in [1.54, 1.807) is 23.7 Å². The van der Waals surface area contributed by atoms with Gasteiger partial charge in [0.05, 0.1) is 12.9 Å². The number of aliphatic hydroxyl groups excluding tert-OH is 1. The minimum Gasteiger partial charge on any atom is -0.395 e. The number of aliphatic hydroxyl groups is 1. The van der Waals surface area contributed by atoms with Crippen molar-refractivity contribution in [2.45, 2.75) is 11.4 Å². The zero-order valence-corrected chi connectivity index (χ0v) is 12.1. The third kappa shape index (κ3) is 4.05. The van der Waals surface area contributed by atoms with E-state index >= 15 is 0 Å². The SMILES string of the molecule is Cn1cnc(S(=O)(=O)Nc2cccc(C#CCCO)n2)c1. The molecule has 0 aliphatic carbocycles. The normalized spacial score (nSPS) is 10.8. The summed E-state index contributed by atoms with van der Waals surface area (Å²) in [4.78, 5) is 7.88. The molecule has 8 heteroatoms. The number of aryl methyl sites for hydroxylation is 1. The molecule has 7 nitrogen and oxygen atoms in total. The van der Waals surface area contributed by atoms with E-state index in [2.05, 4.69) is 26.5 Å². The van der Waals surface area contributed by atoms with Gasteiger partial charge in [-0.05, 0) is 18.1 Å². The number of sulfonamides is 1. The number of aromatic nitrogens is 3. The predicted molar refractivity (Wildman–Crippen MR) is 76.8 cm³/mol. The highest BCUT2D eigenvalue weighted by Crippen LogP contribution is 2.12. The zero-order valence-electron chi connectivity index (χ0n) is 11.3. The maximum absolute atomic E-state index is 12.1. The summed E-state index contributed by atoms with van der Waals surface area (Å²) in [6.45, 7) is -0.0288. The first-order valence-corrected chi connectivity index (χ1v) is 7.57. The summed E-state index contributed by atoms with van der Waals surface area (Å²) in [5.74, 6) is 5.62. The zero-order chi connectivity index (χ0) is 15.3. The van der Waals surface area contributed by atoms with Crippen molar-refractivity contribution >= 4 is 15.8 Å². The molecule has 0 aliphatic rings. The molecule has 0 bridgehead atoms. The molecule has 0 unspecified atom stereocenters. The van der Waals surface area contributed by atoms with Crippen LogP contribution in [0.25, 0.3) is 0 Å². The van der Waals surface area contributed by atoms with E-state index < -0.39 is 10.0 Å². The molecule has 0 aromatic carbocycles. The maximum Gasteiger partial charge on any atom is 0.282 e. The quantitative estimate of drug-likeness (QED) is 0.794. The van der Waals surface area contributed by atoms with Gasteiger partial charge < -0.3 is 9.67 Å². The first-order chi connectivity index (χ1) is 10.0. The molecule has 0 aliphatic heterocycles. The summed E-state index contributed by atoms with van der Waals surface area (Å²) in [7, 11) is -2.08. The molecular formula is C13H14N4O3S. The first kappa shape index (κ1) is 15.0. The summed E-state index contributed by atoms with van der Waals surface area (Å²) < 4.78 is 28.1. The Hall–Kier alpha value is -2.37. The Bertz CT molecular complexity index is 787. The standard InChI is InChI=1S/C13H14N4O3S/c1-17-9-13(14-10-17)21(19,20)16-12-7-4-6-11(15-12)5-2-3-8-18/h4,6-7,9-10,18H,3,8H2,1H3,(H,15,16). The Morgan fingerprint density at radius 1 is 1.43 bits per heavy atom. The van der Waals surface area contributed by atoms with Crippen LogP contribution >= 0.6 is 0 Å². The van der Waals surface area contributed by atoms with Crippen LogP contribution in [0.5, 0.6) is 0 Å². The van der Waals surface area contributed by atoms with Crippen LogP contribution in [0.3, 0.4) is 0 Å². The smallest absolute Gasteiger partial charge is 0.282 e. The first-order valence-electron chi connectivity index (χ1n) is 6.09. The lowest BCUT2D eigenvalue weighted by molar-refractivity contribution is 0.305. The lowest BCUT2D eigenvalue weighted by Crippen LogP contribution is -2.14. The third-order valence-corrected chi connectivity index (χ3v) is 3.64. The van der Waals surface area contributed by atoms with Gasteiger partial charge in [-0.3, -0.25) is 4.72 Å². The van der Waals surface area contributed by atoms with Crippen molar-refractivity contribution in [1.29, 1.82) is 0 Å². The summed E-state index contributed by atoms with van der Waals surface area (Å²) in [5.41, 5.74) is 0.421. The van der Waals surface area contributed by atoms with Crippen LogP contribution in [0.15, 0.2) is 35.7 Å². The topological polar surface area (TPSA) is 97.1 Å². The van der Waals surface area contributed by atoms with E-state index in [-0.39, 0.29) is 17.5 Å². The van der Waals surface area contributed by atoms with Gasteiger partial charge in [-0.25, -0.2) is 9.97 Å². The van der Waals surface area contributed by atoms with Crippen molar-refractivity contribution in [3.63, 3.8) is 0 Å². The van der Waals surface area contributed by atoms with Gasteiger partial charge in [0.15, 0.2) is 5.03 Å². The van der Waals surface area contributed by atoms with Crippen molar-refractivity contribution in [1.82, 2.24) is 14.5 Å². The van der Waals surface area contributed by atoms with Crippen LogP contribution in [-0.2, 0) is 17.1 Å². The van der Waals surface area contributed by atoms with E-state index in [0.717, 1.165) is 0 Å². The molecule has 2 aromatic rings. The van der Waals surface area contributed by atoms with Crippen LogP contribution in [-0.4, -0.2) is 34.7 Å². The molecule has 0 amide bonds. The summed E-state index contributed by atoms with van der Waals surface area (Å²) in [6.07, 6.45) is 3.14. The van der Waals surface area contributed by atoms with Crippen LogP contribution in [0.2, 0.25) is 0 Å². The van der Waals surface area contributed by atoms with Crippen molar-refractivity contribution in [2.24, 2.45) is 7.05 Å². The molecular weight excluding hydrogens is 292 g/mol. The molecule has 0 saturated heterocycles. The van der Waals surface area contributed by atoms with Crippen LogP contribution < -0.4 is 4.72 Å². The molecule has 110 valence electrons. The molecule has 0 fully saturated rings. The fraction of sp³-hybridized carbons (Fsp3) is 0.231. The highest BCUT2D eigenvalue weighted by molar-refractivity contribution is 7.92. The lowest BCUT2D eigenvalue weighted by Gasteiger charge is -2.04. The van der Waals surface area contributed by atoms with Crippen LogP contribution in [0.1, 0.15) is 12.1 Å². The fourth-order valence-electron chi connectivity index (χ4n) is 1.49. The van der Waals surface area contributed by atoms with Crippen molar-refractivity contribution in [3.8, 4) is 11.8 Å². The Morgan fingerprint density at radius 2 is 2.24 bits per heavy atom. The monoisotopic (exact) mass is 306 g/mol. The van der Waals surface area contributed by atoms with E-state index in [9.17, 15) is 8.42 Å². The molecule has 21 heavy (non-hydrogen) atoms. The molecule has 2 aromatic heterocycles. The molecule has 0 spiro atoms. The van der Waals surface area contributed by atoms with Gasteiger partial charge in [0.25, 0.3) is 10.0 Å². The largest absolute Gasteiger partial charge is 0.395 e. The average molecular weight is 306 g/mol. The van der Waals surface area contributed by atoms with Gasteiger partial charge in [0, 0.05) is 19.7 Å². The summed E-state index contributed by atoms with van der Waals surface area (Å²) >= 11 is 0. The van der Waals surface area contributed by atoms with Crippen molar-refractivity contribution in [3.05, 3.63) is 36.4 Å². The van der Waals surface area contributed by atoms with E-state index in [0.29, 0.717) is 12.1 Å². The van der Waals surface area contributed by atoms with Crippen LogP contribution in [0, 0.1) is 11.8 Å². The fourth-order valence-corrected chi connectivity index (χ4v) is 2.47. The summed E-state index contributed by atoms with van der Waals surface area (Å²) in [5, 5.41) is 8.58. The number of pyridine rings is 1. The Balaban J connectivity index is 2.20. The Morgan fingerprint density at radius 3 is 2.90 bits per heavy atom. The highest BCUT2D eigenvalue weighted by atomic mass is 32.2. The minimum absolute atomic E-state index is 0.0288. The van der Waals surface area contributed by atoms with Gasteiger partial charge in [-0.2, -0.15) is 8.42 Å². The molecule has 2 N–H and O–H groups in total. The highest BCUT2D eigenvalue weighted by Gasteiger charge is 2.17. The number of hydrogen-bond acceptors (Lipinski definition) is 5. The van der Waals surface area contributed by atoms with Gasteiger partial charge in [-0.15, -0.1) is 0 Å². The van der Waals surface area contributed by atoms with E-state index in [1.807, 2.05) is 0 Å². The van der Waals surface area contributed by atoms with E-state index in [4.69, 9.17) is 5.11 Å². The second-order valence-electron chi connectivity index (χ2n) is 4.17. The number of rotatable bonds is 4. The number of nitrogens with one attached hydrogen (secondary N) is 1. The second kappa shape index (κ2) is 6.39. The second-order valence-corrected chi connectivity index (χ2v) is 5.80. The van der Waals surface area contributed by atoms with E-state index in [1.165, 1.54) is 18.6 Å². The predicted octanol–water partition coefficient (Wildman–Crippen LogP) is 0.350. The van der Waals surface area contributed by atoms with Crippen molar-refractivity contribution in [2.75, 3.05) is 11.3 Å². The maximum atomic E-state index is 12.1. The molecule has 2 rings (SSSR count). The third-order valence-electron chi connectivity index (χ3n) is 2.40. The van der Waals surface area contributed by atoms with Gasteiger partial charge in [0.2, 0.25) is 0 Å². The lowest BCUT2D eigenvalue weighted by atomic mass is 10.3. The van der Waals surface area contributed by atoms with Crippen molar-refractivity contribution < 1.29 is 13.5 Å². The number of imidazole rings is 1. The summed E-state index contributed by atoms with van der Waals surface area (Å²) in [6, 6.07) is 4.83. The van der Waals surface area contributed by atoms with Gasteiger partial charge in [-0.1, -0.05) is 12.0 Å². The molecule has 2 heterocycles. The van der Waals surface area contributed by atoms with Gasteiger partial charge >= 0.3 is 0 Å². The molecule has 0 radical (unpaired) electrons. The molecule has 0 atom stereocenters. The Labute approximate surface area is 122 Å². The number of nitrogens with zero attached hydrogens (tertiary/aromatic N) is 3. The van der Waals surface area contributed by atoms with Gasteiger partial charge in [0.1, 0.15) is 11.5 Å².